The highest BCUT2D eigenvalue weighted by atomic mass is 16.6. The molecular weight excluding hydrogens is 544 g/mol. The van der Waals surface area contributed by atoms with Gasteiger partial charge in [-0.2, -0.15) is 0 Å². The molecule has 1 saturated carbocycles. The monoisotopic (exact) mass is 582 g/mol. The van der Waals surface area contributed by atoms with Crippen molar-refractivity contribution in [2.24, 2.45) is 0 Å². The molecule has 0 unspecified atom stereocenters. The molecule has 43 heavy (non-hydrogen) atoms. The van der Waals surface area contributed by atoms with Gasteiger partial charge in [-0.05, 0) is 94.0 Å². The number of esters is 2. The molecule has 0 atom stereocenters. The first-order chi connectivity index (χ1) is 20.7. The van der Waals surface area contributed by atoms with Gasteiger partial charge >= 0.3 is 11.9 Å². The molecule has 2 aliphatic rings. The van der Waals surface area contributed by atoms with Crippen LogP contribution in [0, 0.1) is 0 Å². The van der Waals surface area contributed by atoms with E-state index >= 15 is 0 Å². The first-order valence-electron chi connectivity index (χ1n) is 15.1. The fourth-order valence-corrected chi connectivity index (χ4v) is 6.36. The number of oxazole rings is 1. The van der Waals surface area contributed by atoms with Crippen LogP contribution < -0.4 is 4.74 Å². The van der Waals surface area contributed by atoms with Gasteiger partial charge in [-0.1, -0.05) is 25.3 Å². The number of carbonyl (C=O) groups is 2. The normalized spacial score (nSPS) is 15.3. The van der Waals surface area contributed by atoms with Crippen molar-refractivity contribution in [2.75, 3.05) is 13.7 Å². The maximum atomic E-state index is 13.2. The van der Waals surface area contributed by atoms with Crippen LogP contribution in [0.2, 0.25) is 0 Å². The van der Waals surface area contributed by atoms with E-state index < -0.39 is 11.6 Å². The topological polar surface area (TPSA) is 92.8 Å². The van der Waals surface area contributed by atoms with Crippen LogP contribution in [-0.4, -0.2) is 40.8 Å². The fraction of sp³-hybridized carbons (Fsp3) is 0.400. The molecule has 6 rings (SSSR count). The SMILES string of the molecule is CCOC(=O)c1coc(C2=Cc3cc(OC)ccc3-c3c(C4CCCCC4)c4ccc(C(=O)OC(C)(C)C)cc4n3C2)n1. The molecule has 0 saturated heterocycles. The predicted molar refractivity (Wildman–Crippen MR) is 165 cm³/mol. The van der Waals surface area contributed by atoms with Gasteiger partial charge in [0.25, 0.3) is 0 Å². The van der Waals surface area contributed by atoms with Gasteiger partial charge in [-0.25, -0.2) is 14.6 Å². The number of hydrogen-bond donors (Lipinski definition) is 0. The second-order valence-electron chi connectivity index (χ2n) is 12.3. The minimum absolute atomic E-state index is 0.126. The zero-order valence-corrected chi connectivity index (χ0v) is 25.5. The largest absolute Gasteiger partial charge is 0.497 e. The first-order valence-corrected chi connectivity index (χ1v) is 15.1. The van der Waals surface area contributed by atoms with Gasteiger partial charge in [0.05, 0.1) is 31.5 Å². The van der Waals surface area contributed by atoms with Gasteiger partial charge in [-0.3, -0.25) is 0 Å². The summed E-state index contributed by atoms with van der Waals surface area (Å²) in [7, 11) is 1.66. The van der Waals surface area contributed by atoms with Crippen molar-refractivity contribution in [1.29, 1.82) is 0 Å². The smallest absolute Gasteiger partial charge is 0.360 e. The van der Waals surface area contributed by atoms with Crippen molar-refractivity contribution in [3.05, 3.63) is 70.9 Å². The second-order valence-corrected chi connectivity index (χ2v) is 12.3. The lowest BCUT2D eigenvalue weighted by Crippen LogP contribution is -2.23. The van der Waals surface area contributed by atoms with E-state index in [1.165, 1.54) is 31.1 Å². The van der Waals surface area contributed by atoms with E-state index in [-0.39, 0.29) is 18.3 Å². The van der Waals surface area contributed by atoms with Crippen LogP contribution in [0.1, 0.15) is 104 Å². The summed E-state index contributed by atoms with van der Waals surface area (Å²) in [6.45, 7) is 8.05. The van der Waals surface area contributed by atoms with Gasteiger partial charge in [0, 0.05) is 22.0 Å². The Hall–Kier alpha value is -4.33. The van der Waals surface area contributed by atoms with E-state index in [9.17, 15) is 9.59 Å². The molecule has 224 valence electrons. The molecule has 8 nitrogen and oxygen atoms in total. The summed E-state index contributed by atoms with van der Waals surface area (Å²) in [5.74, 6) is 0.598. The van der Waals surface area contributed by atoms with E-state index in [2.05, 4.69) is 27.8 Å². The second kappa shape index (κ2) is 11.4. The molecule has 0 spiro atoms. The van der Waals surface area contributed by atoms with Crippen molar-refractivity contribution in [2.45, 2.75) is 77.9 Å². The van der Waals surface area contributed by atoms with E-state index in [0.29, 0.717) is 23.9 Å². The van der Waals surface area contributed by atoms with Crippen molar-refractivity contribution in [1.82, 2.24) is 9.55 Å². The minimum atomic E-state index is -0.606. The molecule has 0 radical (unpaired) electrons. The van der Waals surface area contributed by atoms with E-state index in [1.807, 2.05) is 45.0 Å². The van der Waals surface area contributed by atoms with Crippen molar-refractivity contribution in [3.8, 4) is 17.0 Å². The maximum Gasteiger partial charge on any atom is 0.360 e. The van der Waals surface area contributed by atoms with Gasteiger partial charge in [0.1, 0.15) is 17.6 Å². The lowest BCUT2D eigenvalue weighted by atomic mass is 9.81. The Labute approximate surface area is 251 Å². The summed E-state index contributed by atoms with van der Waals surface area (Å²) in [6, 6.07) is 12.0. The van der Waals surface area contributed by atoms with Crippen molar-refractivity contribution >= 4 is 34.5 Å². The molecule has 0 amide bonds. The summed E-state index contributed by atoms with van der Waals surface area (Å²) in [5.41, 5.74) is 6.24. The summed E-state index contributed by atoms with van der Waals surface area (Å²) in [6.07, 6.45) is 9.27. The fourth-order valence-electron chi connectivity index (χ4n) is 6.36. The summed E-state index contributed by atoms with van der Waals surface area (Å²) < 4.78 is 24.6. The number of aromatic nitrogens is 2. The molecule has 2 aromatic carbocycles. The number of allylic oxidation sites excluding steroid dienone is 1. The van der Waals surface area contributed by atoms with Gasteiger partial charge in [0.15, 0.2) is 5.69 Å². The van der Waals surface area contributed by atoms with Crippen LogP contribution in [0.4, 0.5) is 0 Å². The number of ether oxygens (including phenoxy) is 3. The third kappa shape index (κ3) is 5.58. The average Bonchev–Trinajstić information content (AvgIpc) is 3.56. The molecule has 2 aromatic heterocycles. The molecule has 8 heteroatoms. The van der Waals surface area contributed by atoms with E-state index in [0.717, 1.165) is 51.9 Å². The minimum Gasteiger partial charge on any atom is -0.497 e. The van der Waals surface area contributed by atoms with Crippen LogP contribution in [0.15, 0.2) is 47.1 Å². The van der Waals surface area contributed by atoms with Crippen molar-refractivity contribution < 1.29 is 28.2 Å². The van der Waals surface area contributed by atoms with Gasteiger partial charge in [0.2, 0.25) is 5.89 Å². The molecule has 1 aliphatic heterocycles. The third-order valence-electron chi connectivity index (χ3n) is 8.19. The highest BCUT2D eigenvalue weighted by Gasteiger charge is 2.31. The Morgan fingerprint density at radius 1 is 1.05 bits per heavy atom. The Kier molecular flexibility index (Phi) is 7.63. The first kappa shape index (κ1) is 28.8. The number of hydrogen-bond acceptors (Lipinski definition) is 7. The number of nitrogens with zero attached hydrogens (tertiary/aromatic N) is 2. The zero-order chi connectivity index (χ0) is 30.3. The predicted octanol–water partition coefficient (Wildman–Crippen LogP) is 8.04. The highest BCUT2D eigenvalue weighted by Crippen LogP contribution is 2.47. The quantitative estimate of drug-likeness (QED) is 0.212. The third-order valence-corrected chi connectivity index (χ3v) is 8.19. The molecule has 0 bridgehead atoms. The van der Waals surface area contributed by atoms with Crippen LogP contribution >= 0.6 is 0 Å². The number of methoxy groups -OCH3 is 1. The standard InChI is InChI=1S/C35H38N2O6/c1-6-41-34(39)28-20-42-32(36-28)24-16-23-17-25(40-5)13-15-26(23)31-30(21-10-8-7-9-11-21)27-14-12-22(18-29(27)37(31)19-24)33(38)43-35(2,3)4/h12-18,20-21H,6-11,19H2,1-5H3. The molecule has 3 heterocycles. The zero-order valence-electron chi connectivity index (χ0n) is 25.5. The number of fused-ring (bicyclic) bond motifs is 5. The molecule has 1 aliphatic carbocycles. The lowest BCUT2D eigenvalue weighted by Gasteiger charge is -2.24. The summed E-state index contributed by atoms with van der Waals surface area (Å²) >= 11 is 0. The Balaban J connectivity index is 1.58. The highest BCUT2D eigenvalue weighted by molar-refractivity contribution is 6.01. The maximum absolute atomic E-state index is 13.2. The average molecular weight is 583 g/mol. The van der Waals surface area contributed by atoms with Gasteiger partial charge in [-0.15, -0.1) is 0 Å². The molecular formula is C35H38N2O6. The summed E-state index contributed by atoms with van der Waals surface area (Å²) in [4.78, 5) is 30.1. The van der Waals surface area contributed by atoms with Gasteiger partial charge < -0.3 is 23.2 Å². The van der Waals surface area contributed by atoms with Crippen LogP contribution in [0.5, 0.6) is 5.75 Å². The van der Waals surface area contributed by atoms with Crippen LogP contribution in [-0.2, 0) is 16.0 Å². The number of carbonyl (C=O) groups excluding carboxylic acids is 2. The lowest BCUT2D eigenvalue weighted by molar-refractivity contribution is 0.00694. The van der Waals surface area contributed by atoms with E-state index in [4.69, 9.17) is 18.6 Å². The Morgan fingerprint density at radius 3 is 2.56 bits per heavy atom. The molecule has 4 aromatic rings. The summed E-state index contributed by atoms with van der Waals surface area (Å²) in [5, 5.41) is 1.14. The van der Waals surface area contributed by atoms with Crippen molar-refractivity contribution in [3.63, 3.8) is 0 Å². The number of benzene rings is 2. The Bertz CT molecular complexity index is 1730. The number of rotatable bonds is 6. The Morgan fingerprint density at radius 2 is 1.84 bits per heavy atom. The van der Waals surface area contributed by atoms with Crippen LogP contribution in [0.25, 0.3) is 33.8 Å². The molecule has 0 N–H and O–H groups in total. The molecule has 1 fully saturated rings. The van der Waals surface area contributed by atoms with E-state index in [1.54, 1.807) is 14.0 Å². The van der Waals surface area contributed by atoms with Crippen LogP contribution in [0.3, 0.4) is 0 Å².